The van der Waals surface area contributed by atoms with Crippen LogP contribution in [0.2, 0.25) is 0 Å². The highest BCUT2D eigenvalue weighted by Gasteiger charge is 2.36. The van der Waals surface area contributed by atoms with E-state index in [0.717, 1.165) is 14.0 Å². The highest BCUT2D eigenvalue weighted by molar-refractivity contribution is 5.97. The first-order valence-corrected chi connectivity index (χ1v) is 10.5. The lowest BCUT2D eigenvalue weighted by Crippen LogP contribution is -2.52. The van der Waals surface area contributed by atoms with E-state index >= 15 is 0 Å². The standard InChI is InChI=1S/C24H26N2O9/c1-15(27)34-20-10-9-18(12-21(20)35-16(2)28)11-19(23(30)32-3)26(22(29)13-25)24(31)33-14-17-7-5-4-6-8-17/h4-10,12,19H,11,13-14,25H2,1-3H3/t19-/m0/s1. The van der Waals surface area contributed by atoms with Gasteiger partial charge in [-0.3, -0.25) is 14.4 Å². The molecular weight excluding hydrogens is 460 g/mol. The minimum absolute atomic E-state index is 0.0248. The summed E-state index contributed by atoms with van der Waals surface area (Å²) in [6.07, 6.45) is -1.32. The van der Waals surface area contributed by atoms with E-state index in [1.54, 1.807) is 30.3 Å². The maximum atomic E-state index is 12.8. The predicted molar refractivity (Wildman–Crippen MR) is 121 cm³/mol. The van der Waals surface area contributed by atoms with Crippen molar-refractivity contribution in [2.75, 3.05) is 13.7 Å². The van der Waals surface area contributed by atoms with Crippen LogP contribution < -0.4 is 15.2 Å². The molecule has 2 aromatic carbocycles. The number of hydrogen-bond donors (Lipinski definition) is 1. The Balaban J connectivity index is 2.37. The topological polar surface area (TPSA) is 152 Å². The van der Waals surface area contributed by atoms with Crippen molar-refractivity contribution >= 4 is 29.9 Å². The maximum Gasteiger partial charge on any atom is 0.417 e. The van der Waals surface area contributed by atoms with Gasteiger partial charge in [-0.15, -0.1) is 0 Å². The van der Waals surface area contributed by atoms with Crippen LogP contribution in [0.25, 0.3) is 0 Å². The third kappa shape index (κ3) is 7.93. The van der Waals surface area contributed by atoms with E-state index in [1.165, 1.54) is 25.1 Å². The van der Waals surface area contributed by atoms with Crippen LogP contribution in [-0.2, 0) is 41.7 Å². The van der Waals surface area contributed by atoms with E-state index in [0.29, 0.717) is 16.0 Å². The van der Waals surface area contributed by atoms with Crippen molar-refractivity contribution in [2.45, 2.75) is 32.9 Å². The predicted octanol–water partition coefficient (Wildman–Crippen LogP) is 1.75. The Kier molecular flexibility index (Phi) is 9.91. The lowest BCUT2D eigenvalue weighted by atomic mass is 10.0. The Morgan fingerprint density at radius 3 is 2.09 bits per heavy atom. The molecule has 0 saturated carbocycles. The van der Waals surface area contributed by atoms with Gasteiger partial charge in [0.15, 0.2) is 11.5 Å². The van der Waals surface area contributed by atoms with Crippen LogP contribution >= 0.6 is 0 Å². The highest BCUT2D eigenvalue weighted by atomic mass is 16.6. The summed E-state index contributed by atoms with van der Waals surface area (Å²) in [5.74, 6) is -3.19. The Labute approximate surface area is 201 Å². The largest absolute Gasteiger partial charge is 0.467 e. The number of benzene rings is 2. The molecule has 35 heavy (non-hydrogen) atoms. The van der Waals surface area contributed by atoms with Gasteiger partial charge >= 0.3 is 24.0 Å². The summed E-state index contributed by atoms with van der Waals surface area (Å²) in [6.45, 7) is 1.62. The summed E-state index contributed by atoms with van der Waals surface area (Å²) >= 11 is 0. The molecule has 0 aliphatic carbocycles. The fourth-order valence-electron chi connectivity index (χ4n) is 3.08. The number of nitrogens with zero attached hydrogens (tertiary/aromatic N) is 1. The molecule has 0 bridgehead atoms. The van der Waals surface area contributed by atoms with Crippen molar-refractivity contribution < 1.29 is 42.9 Å². The molecule has 0 fully saturated rings. The van der Waals surface area contributed by atoms with Crippen LogP contribution in [0.4, 0.5) is 4.79 Å². The molecule has 186 valence electrons. The number of imide groups is 1. The van der Waals surface area contributed by atoms with Crippen molar-refractivity contribution in [1.29, 1.82) is 0 Å². The summed E-state index contributed by atoms with van der Waals surface area (Å²) in [5, 5.41) is 0. The van der Waals surface area contributed by atoms with Crippen LogP contribution in [0.3, 0.4) is 0 Å². The maximum absolute atomic E-state index is 12.8. The first kappa shape index (κ1) is 27.0. The lowest BCUT2D eigenvalue weighted by molar-refractivity contribution is -0.151. The quantitative estimate of drug-likeness (QED) is 0.410. The summed E-state index contributed by atoms with van der Waals surface area (Å²) in [5.41, 5.74) is 6.51. The molecular formula is C24H26N2O9. The fraction of sp³-hybridized carbons (Fsp3) is 0.292. The zero-order valence-electron chi connectivity index (χ0n) is 19.5. The number of hydrogen-bond acceptors (Lipinski definition) is 10. The van der Waals surface area contributed by atoms with Crippen LogP contribution in [0.5, 0.6) is 11.5 Å². The molecule has 0 heterocycles. The number of amides is 2. The second-order valence-corrected chi connectivity index (χ2v) is 7.22. The summed E-state index contributed by atoms with van der Waals surface area (Å²) in [7, 11) is 1.10. The zero-order chi connectivity index (χ0) is 26.0. The molecule has 11 heteroatoms. The number of esters is 3. The number of rotatable bonds is 9. The van der Waals surface area contributed by atoms with Gasteiger partial charge in [-0.2, -0.15) is 0 Å². The average Bonchev–Trinajstić information content (AvgIpc) is 2.83. The second-order valence-electron chi connectivity index (χ2n) is 7.22. The van der Waals surface area contributed by atoms with Gasteiger partial charge < -0.3 is 24.7 Å². The van der Waals surface area contributed by atoms with E-state index in [1.807, 2.05) is 0 Å². The van der Waals surface area contributed by atoms with Gasteiger partial charge in [0.05, 0.1) is 13.7 Å². The second kappa shape index (κ2) is 12.8. The molecule has 0 aliphatic heterocycles. The summed E-state index contributed by atoms with van der Waals surface area (Å²) in [4.78, 5) is 61.5. The molecule has 2 rings (SSSR count). The zero-order valence-corrected chi connectivity index (χ0v) is 19.5. The smallest absolute Gasteiger partial charge is 0.417 e. The van der Waals surface area contributed by atoms with Crippen LogP contribution in [0, 0.1) is 0 Å². The molecule has 2 amide bonds. The molecule has 0 aliphatic rings. The average molecular weight is 486 g/mol. The third-order valence-corrected chi connectivity index (χ3v) is 4.57. The van der Waals surface area contributed by atoms with Crippen LogP contribution in [0.1, 0.15) is 25.0 Å². The highest BCUT2D eigenvalue weighted by Crippen LogP contribution is 2.30. The van der Waals surface area contributed by atoms with E-state index in [-0.39, 0.29) is 24.5 Å². The minimum Gasteiger partial charge on any atom is -0.467 e. The van der Waals surface area contributed by atoms with E-state index in [4.69, 9.17) is 24.7 Å². The first-order chi connectivity index (χ1) is 16.7. The Morgan fingerprint density at radius 1 is 0.886 bits per heavy atom. The fourth-order valence-corrected chi connectivity index (χ4v) is 3.08. The van der Waals surface area contributed by atoms with Gasteiger partial charge in [0, 0.05) is 20.3 Å². The summed E-state index contributed by atoms with van der Waals surface area (Å²) < 4.78 is 20.2. The number of nitrogens with two attached hydrogens (primary N) is 1. The van der Waals surface area contributed by atoms with Gasteiger partial charge in [-0.25, -0.2) is 14.5 Å². The van der Waals surface area contributed by atoms with Crippen molar-refractivity contribution in [3.8, 4) is 11.5 Å². The van der Waals surface area contributed by atoms with Gasteiger partial charge in [0.25, 0.3) is 0 Å². The molecule has 0 unspecified atom stereocenters. The van der Waals surface area contributed by atoms with Crippen molar-refractivity contribution in [3.63, 3.8) is 0 Å². The third-order valence-electron chi connectivity index (χ3n) is 4.57. The molecule has 0 saturated heterocycles. The number of ether oxygens (including phenoxy) is 4. The monoisotopic (exact) mass is 486 g/mol. The van der Waals surface area contributed by atoms with Gasteiger partial charge in [0.1, 0.15) is 12.6 Å². The number of carbonyl (C=O) groups excluding carboxylic acids is 5. The normalized spacial score (nSPS) is 11.1. The van der Waals surface area contributed by atoms with E-state index < -0.39 is 42.5 Å². The molecule has 0 radical (unpaired) electrons. The SMILES string of the molecule is COC(=O)[C@H](Cc1ccc(OC(C)=O)c(OC(C)=O)c1)N(C(=O)CN)C(=O)OCc1ccccc1. The Bertz CT molecular complexity index is 1090. The molecule has 0 aromatic heterocycles. The molecule has 2 aromatic rings. The number of methoxy groups -OCH3 is 1. The van der Waals surface area contributed by atoms with E-state index in [2.05, 4.69) is 0 Å². The summed E-state index contributed by atoms with van der Waals surface area (Å²) in [6, 6.07) is 11.5. The molecule has 1 atom stereocenters. The van der Waals surface area contributed by atoms with Gasteiger partial charge in [-0.1, -0.05) is 36.4 Å². The van der Waals surface area contributed by atoms with Crippen LogP contribution in [-0.4, -0.2) is 54.5 Å². The van der Waals surface area contributed by atoms with Crippen molar-refractivity contribution in [1.82, 2.24) is 4.90 Å². The minimum atomic E-state index is -1.44. The van der Waals surface area contributed by atoms with Gasteiger partial charge in [0.2, 0.25) is 5.91 Å². The molecule has 2 N–H and O–H groups in total. The molecule has 0 spiro atoms. The van der Waals surface area contributed by atoms with Crippen LogP contribution in [0.15, 0.2) is 48.5 Å². The Morgan fingerprint density at radius 2 is 1.51 bits per heavy atom. The lowest BCUT2D eigenvalue weighted by Gasteiger charge is -2.27. The first-order valence-electron chi connectivity index (χ1n) is 10.5. The van der Waals surface area contributed by atoms with Gasteiger partial charge in [-0.05, 0) is 23.3 Å². The van der Waals surface area contributed by atoms with Crippen molar-refractivity contribution in [3.05, 3.63) is 59.7 Å². The Hall–Kier alpha value is -4.25. The number of carbonyl (C=O) groups is 5. The van der Waals surface area contributed by atoms with Crippen molar-refractivity contribution in [2.24, 2.45) is 5.73 Å². The van der Waals surface area contributed by atoms with E-state index in [9.17, 15) is 24.0 Å². The molecule has 11 nitrogen and oxygen atoms in total.